The van der Waals surface area contributed by atoms with Crippen LogP contribution in [-0.2, 0) is 9.53 Å². The van der Waals surface area contributed by atoms with Gasteiger partial charge in [0.05, 0.1) is 36.1 Å². The largest absolute Gasteiger partial charge is 0.496 e. The summed E-state index contributed by atoms with van der Waals surface area (Å²) >= 11 is 1.28. The van der Waals surface area contributed by atoms with Gasteiger partial charge in [-0.3, -0.25) is 9.36 Å². The number of methoxy groups -OCH3 is 1. The van der Waals surface area contributed by atoms with E-state index >= 15 is 0 Å². The molecular formula is C27H28N2O5S. The van der Waals surface area contributed by atoms with Crippen LogP contribution in [0.4, 0.5) is 0 Å². The van der Waals surface area contributed by atoms with Gasteiger partial charge < -0.3 is 14.2 Å². The topological polar surface area (TPSA) is 79.1 Å². The lowest BCUT2D eigenvalue weighted by molar-refractivity contribution is -0.139. The van der Waals surface area contributed by atoms with E-state index in [1.54, 1.807) is 25.5 Å². The van der Waals surface area contributed by atoms with Crippen molar-refractivity contribution in [1.29, 1.82) is 0 Å². The number of allylic oxidation sites excluding steroid dienone is 1. The first kappa shape index (κ1) is 24.5. The molecule has 2 heterocycles. The second-order valence-electron chi connectivity index (χ2n) is 8.00. The van der Waals surface area contributed by atoms with Crippen molar-refractivity contribution in [2.24, 2.45) is 4.99 Å². The average molecular weight is 493 g/mol. The maximum Gasteiger partial charge on any atom is 0.338 e. The highest BCUT2D eigenvalue weighted by atomic mass is 32.1. The van der Waals surface area contributed by atoms with Gasteiger partial charge in [-0.2, -0.15) is 0 Å². The number of ether oxygens (including phenoxy) is 3. The first-order valence-corrected chi connectivity index (χ1v) is 12.3. The summed E-state index contributed by atoms with van der Waals surface area (Å²) < 4.78 is 18.7. The number of thiazole rings is 1. The molecule has 0 fully saturated rings. The van der Waals surface area contributed by atoms with Gasteiger partial charge >= 0.3 is 5.97 Å². The summed E-state index contributed by atoms with van der Waals surface area (Å²) in [6.45, 7) is 8.05. The minimum atomic E-state index is -0.720. The lowest BCUT2D eigenvalue weighted by Crippen LogP contribution is -2.40. The summed E-state index contributed by atoms with van der Waals surface area (Å²) in [5.41, 5.74) is 3.16. The molecule has 8 heteroatoms. The zero-order chi connectivity index (χ0) is 25.1. The van der Waals surface area contributed by atoms with Crippen LogP contribution in [0, 0.1) is 6.92 Å². The number of fused-ring (bicyclic) bond motifs is 1. The Morgan fingerprint density at radius 2 is 1.89 bits per heavy atom. The summed E-state index contributed by atoms with van der Waals surface area (Å²) in [6.07, 6.45) is 1.82. The van der Waals surface area contributed by atoms with Crippen LogP contribution in [0.3, 0.4) is 0 Å². The molecule has 4 rings (SSSR count). The van der Waals surface area contributed by atoms with Gasteiger partial charge in [0, 0.05) is 5.56 Å². The van der Waals surface area contributed by atoms with Crippen molar-refractivity contribution >= 4 is 23.4 Å². The number of carbonyl (C=O) groups is 1. The van der Waals surface area contributed by atoms with Crippen molar-refractivity contribution < 1.29 is 19.0 Å². The standard InChI is InChI=1S/C27H28N2O5S/c1-6-33-20-11-9-8-10-19(20)24-23(26(31)34-7-2)17(4)28-27-29(24)25(30)22(35-27)15-18-13-12-16(3)21(14-18)32-5/h8-15,24H,6-7H2,1-5H3/b22-15-/t24-/m0/s1. The zero-order valence-corrected chi connectivity index (χ0v) is 21.3. The average Bonchev–Trinajstić information content (AvgIpc) is 3.14. The van der Waals surface area contributed by atoms with Crippen molar-refractivity contribution in [3.63, 3.8) is 0 Å². The molecular weight excluding hydrogens is 464 g/mol. The Kier molecular flexibility index (Phi) is 7.21. The van der Waals surface area contributed by atoms with E-state index < -0.39 is 12.0 Å². The molecule has 0 spiro atoms. The third-order valence-corrected chi connectivity index (χ3v) is 6.74. The molecule has 0 saturated carbocycles. The van der Waals surface area contributed by atoms with E-state index in [9.17, 15) is 9.59 Å². The number of hydrogen-bond donors (Lipinski definition) is 0. The first-order chi connectivity index (χ1) is 16.9. The molecule has 7 nitrogen and oxygen atoms in total. The van der Waals surface area contributed by atoms with Crippen LogP contribution in [0.15, 0.2) is 63.5 Å². The fraction of sp³-hybridized carbons (Fsp3) is 0.296. The molecule has 0 aliphatic carbocycles. The highest BCUT2D eigenvalue weighted by molar-refractivity contribution is 7.07. The molecule has 2 aromatic carbocycles. The molecule has 1 aliphatic rings. The number of hydrogen-bond acceptors (Lipinski definition) is 7. The number of carbonyl (C=O) groups excluding carboxylic acids is 1. The van der Waals surface area contributed by atoms with Crippen LogP contribution in [0.5, 0.6) is 11.5 Å². The van der Waals surface area contributed by atoms with Gasteiger partial charge in [-0.05, 0) is 57.0 Å². The lowest BCUT2D eigenvalue weighted by Gasteiger charge is -2.26. The molecule has 35 heavy (non-hydrogen) atoms. The van der Waals surface area contributed by atoms with Gasteiger partial charge in [0.1, 0.15) is 17.5 Å². The van der Waals surface area contributed by atoms with Crippen LogP contribution in [0.1, 0.15) is 43.5 Å². The second kappa shape index (κ2) is 10.3. The third kappa shape index (κ3) is 4.66. The van der Waals surface area contributed by atoms with Crippen molar-refractivity contribution in [3.8, 4) is 11.5 Å². The van der Waals surface area contributed by atoms with E-state index in [2.05, 4.69) is 4.99 Å². The Hall–Kier alpha value is -3.65. The molecule has 1 atom stereocenters. The quantitative estimate of drug-likeness (QED) is 0.472. The Morgan fingerprint density at radius 3 is 2.60 bits per heavy atom. The lowest BCUT2D eigenvalue weighted by atomic mass is 9.95. The molecule has 0 unspecified atom stereocenters. The Bertz CT molecular complexity index is 1480. The van der Waals surface area contributed by atoms with E-state index in [4.69, 9.17) is 14.2 Å². The fourth-order valence-electron chi connectivity index (χ4n) is 4.16. The summed E-state index contributed by atoms with van der Waals surface area (Å²) in [5.74, 6) is 0.854. The SMILES string of the molecule is CCOC(=O)C1=C(C)N=c2s/c(=C\c3ccc(C)c(OC)c3)c(=O)n2[C@H]1c1ccccc1OCC. The molecule has 0 N–H and O–H groups in total. The molecule has 3 aromatic rings. The van der Waals surface area contributed by atoms with Crippen LogP contribution in [0.25, 0.3) is 6.08 Å². The summed E-state index contributed by atoms with van der Waals surface area (Å²) in [7, 11) is 1.62. The van der Waals surface area contributed by atoms with Gasteiger partial charge in [-0.25, -0.2) is 9.79 Å². The normalized spacial score (nSPS) is 15.5. The molecule has 0 amide bonds. The van der Waals surface area contributed by atoms with Crippen molar-refractivity contribution in [1.82, 2.24) is 4.57 Å². The second-order valence-corrected chi connectivity index (χ2v) is 9.01. The number of aromatic nitrogens is 1. The van der Waals surface area contributed by atoms with E-state index in [0.29, 0.717) is 38.5 Å². The van der Waals surface area contributed by atoms with Crippen LogP contribution in [0.2, 0.25) is 0 Å². The Morgan fingerprint density at radius 1 is 1.11 bits per heavy atom. The highest BCUT2D eigenvalue weighted by Gasteiger charge is 2.35. The summed E-state index contributed by atoms with van der Waals surface area (Å²) in [6, 6.07) is 12.5. The molecule has 182 valence electrons. The van der Waals surface area contributed by atoms with E-state index in [1.807, 2.05) is 62.4 Å². The highest BCUT2D eigenvalue weighted by Crippen LogP contribution is 2.35. The van der Waals surface area contributed by atoms with Gasteiger partial charge in [-0.15, -0.1) is 0 Å². The van der Waals surface area contributed by atoms with E-state index in [-0.39, 0.29) is 12.2 Å². The number of benzene rings is 2. The molecule has 1 aromatic heterocycles. The Balaban J connectivity index is 1.97. The van der Waals surface area contributed by atoms with Crippen LogP contribution in [-0.4, -0.2) is 30.9 Å². The van der Waals surface area contributed by atoms with Gasteiger partial charge in [0.15, 0.2) is 4.80 Å². The zero-order valence-electron chi connectivity index (χ0n) is 20.5. The minimum absolute atomic E-state index is 0.217. The first-order valence-electron chi connectivity index (χ1n) is 11.5. The third-order valence-electron chi connectivity index (χ3n) is 5.76. The maximum atomic E-state index is 13.8. The monoisotopic (exact) mass is 492 g/mol. The smallest absolute Gasteiger partial charge is 0.338 e. The number of para-hydroxylation sites is 1. The van der Waals surface area contributed by atoms with E-state index in [1.165, 1.54) is 11.3 Å². The number of aryl methyl sites for hydroxylation is 1. The predicted octanol–water partition coefficient (Wildman–Crippen LogP) is 3.51. The number of nitrogens with zero attached hydrogens (tertiary/aromatic N) is 2. The summed E-state index contributed by atoms with van der Waals surface area (Å²) in [4.78, 5) is 32.0. The number of rotatable bonds is 7. The van der Waals surface area contributed by atoms with Crippen LogP contribution < -0.4 is 24.4 Å². The van der Waals surface area contributed by atoms with Crippen molar-refractivity contribution in [2.75, 3.05) is 20.3 Å². The minimum Gasteiger partial charge on any atom is -0.496 e. The molecule has 0 saturated heterocycles. The molecule has 0 bridgehead atoms. The van der Waals surface area contributed by atoms with Gasteiger partial charge in [-0.1, -0.05) is 41.7 Å². The Labute approximate surface area is 207 Å². The van der Waals surface area contributed by atoms with Crippen molar-refractivity contribution in [3.05, 3.63) is 90.1 Å². The van der Waals surface area contributed by atoms with Crippen LogP contribution >= 0.6 is 11.3 Å². The van der Waals surface area contributed by atoms with Gasteiger partial charge in [0.2, 0.25) is 0 Å². The molecule has 0 radical (unpaired) electrons. The molecule has 1 aliphatic heterocycles. The summed E-state index contributed by atoms with van der Waals surface area (Å²) in [5, 5.41) is 0. The maximum absolute atomic E-state index is 13.8. The predicted molar refractivity (Wildman–Crippen MR) is 136 cm³/mol. The van der Waals surface area contributed by atoms with E-state index in [0.717, 1.165) is 16.9 Å². The fourth-order valence-corrected chi connectivity index (χ4v) is 5.20. The van der Waals surface area contributed by atoms with Crippen molar-refractivity contribution in [2.45, 2.75) is 33.7 Å². The van der Waals surface area contributed by atoms with Gasteiger partial charge in [0.25, 0.3) is 5.56 Å². The number of esters is 1.